The first-order chi connectivity index (χ1) is 29.8. The number of phenolic OH excluding ortho intramolecular Hbond substituents is 1. The number of anilines is 2. The molecule has 2 heterocycles. The number of ether oxygens (including phenoxy) is 5. The van der Waals surface area contributed by atoms with Gasteiger partial charge in [-0.25, -0.2) is 14.6 Å². The normalized spacial score (nSPS) is 22.9. The van der Waals surface area contributed by atoms with E-state index in [1.807, 2.05) is 54.7 Å². The van der Waals surface area contributed by atoms with Crippen molar-refractivity contribution in [3.05, 3.63) is 108 Å². The van der Waals surface area contributed by atoms with E-state index in [1.165, 1.54) is 23.0 Å². The number of aryl methyl sites for hydroxylation is 1. The predicted octanol–water partition coefficient (Wildman–Crippen LogP) is 8.08. The highest BCUT2D eigenvalue weighted by Gasteiger charge is 2.57. The molecule has 13 heteroatoms. The Bertz CT molecular complexity index is 2460. The van der Waals surface area contributed by atoms with Crippen molar-refractivity contribution >= 4 is 22.4 Å². The van der Waals surface area contributed by atoms with Crippen LogP contribution in [0, 0.1) is 17.3 Å². The Morgan fingerprint density at radius 1 is 0.852 bits per heavy atom. The number of fused-ring (bicyclic) bond motifs is 6. The molecule has 0 amide bonds. The number of hydrogen-bond donors (Lipinski definition) is 3. The molecule has 2 fully saturated rings. The second-order valence-corrected chi connectivity index (χ2v) is 16.8. The third-order valence-electron chi connectivity index (χ3n) is 13.4. The van der Waals surface area contributed by atoms with Gasteiger partial charge >= 0.3 is 0 Å². The van der Waals surface area contributed by atoms with Gasteiger partial charge in [-0.3, -0.25) is 0 Å². The standard InChI is InChI=1S/C48H54N6O7/c1-48-27-39(46-36-14-10-34(55)24-31(36)9-13-37(46)40(48)15-16-45(48)56)30-7-11-35(12-8-30)61-22-21-60-20-19-59-18-17-54-28-42(52-53-54)32-5-4-6-33(23-32)51-47-38-25-43(57-2)44(58-3)26-41(38)49-29-50-47/h4-8,10-12,14,23-26,28-29,37,39-40,45-46,55-56H,9,13,15-22,27H2,1-3H3,(H,49,50,51)/t37?,39-,40?,45+,46?,48+/m1/s1. The molecule has 2 aromatic heterocycles. The van der Waals surface area contributed by atoms with Gasteiger partial charge in [0.2, 0.25) is 0 Å². The van der Waals surface area contributed by atoms with Gasteiger partial charge in [0.15, 0.2) is 11.5 Å². The third kappa shape index (κ3) is 8.34. The van der Waals surface area contributed by atoms with E-state index >= 15 is 0 Å². The zero-order valence-corrected chi connectivity index (χ0v) is 35.0. The number of methoxy groups -OCH3 is 2. The van der Waals surface area contributed by atoms with E-state index in [9.17, 15) is 10.2 Å². The van der Waals surface area contributed by atoms with E-state index < -0.39 is 0 Å². The van der Waals surface area contributed by atoms with E-state index in [0.29, 0.717) is 86.3 Å². The van der Waals surface area contributed by atoms with Crippen molar-refractivity contribution in [1.29, 1.82) is 0 Å². The molecule has 3 N–H and O–H groups in total. The monoisotopic (exact) mass is 826 g/mol. The van der Waals surface area contributed by atoms with Crippen LogP contribution in [0.5, 0.6) is 23.0 Å². The summed E-state index contributed by atoms with van der Waals surface area (Å²) >= 11 is 0. The van der Waals surface area contributed by atoms with E-state index in [-0.39, 0.29) is 11.5 Å². The summed E-state index contributed by atoms with van der Waals surface area (Å²) in [7, 11) is 3.20. The van der Waals surface area contributed by atoms with Crippen LogP contribution >= 0.6 is 0 Å². The molecule has 6 aromatic rings. The van der Waals surface area contributed by atoms with Crippen molar-refractivity contribution in [2.75, 3.05) is 52.6 Å². The summed E-state index contributed by atoms with van der Waals surface area (Å²) in [5.74, 6) is 4.73. The Balaban J connectivity index is 0.715. The smallest absolute Gasteiger partial charge is 0.162 e. The van der Waals surface area contributed by atoms with Crippen LogP contribution in [0.1, 0.15) is 61.1 Å². The molecule has 13 nitrogen and oxygen atoms in total. The molecule has 0 radical (unpaired) electrons. The van der Waals surface area contributed by atoms with E-state index in [0.717, 1.165) is 65.7 Å². The van der Waals surface area contributed by atoms with Crippen molar-refractivity contribution in [2.45, 2.75) is 63.5 Å². The van der Waals surface area contributed by atoms with Gasteiger partial charge < -0.3 is 39.2 Å². The average Bonchev–Trinajstić information content (AvgIpc) is 3.88. The summed E-state index contributed by atoms with van der Waals surface area (Å²) < 4.78 is 30.4. The number of benzene rings is 4. The van der Waals surface area contributed by atoms with Crippen LogP contribution in [0.2, 0.25) is 0 Å². The number of aromatic hydroxyl groups is 1. The van der Waals surface area contributed by atoms with E-state index in [4.69, 9.17) is 23.7 Å². The molecular formula is C48H54N6O7. The minimum Gasteiger partial charge on any atom is -0.508 e. The van der Waals surface area contributed by atoms with Crippen molar-refractivity contribution < 1.29 is 33.9 Å². The number of aromatic nitrogens is 5. The Morgan fingerprint density at radius 3 is 2.49 bits per heavy atom. The Hall–Kier alpha value is -5.76. The largest absolute Gasteiger partial charge is 0.508 e. The first-order valence-electron chi connectivity index (χ1n) is 21.3. The third-order valence-corrected chi connectivity index (χ3v) is 13.4. The fraction of sp³-hybridized carbons (Fsp3) is 0.417. The Kier molecular flexibility index (Phi) is 11.8. The zero-order valence-electron chi connectivity index (χ0n) is 35.0. The molecule has 6 atom stereocenters. The van der Waals surface area contributed by atoms with E-state index in [2.05, 4.69) is 62.9 Å². The molecule has 0 aliphatic heterocycles. The number of aliphatic hydroxyl groups is 1. The average molecular weight is 827 g/mol. The summed E-state index contributed by atoms with van der Waals surface area (Å²) in [6, 6.07) is 26.1. The molecule has 0 bridgehead atoms. The lowest BCUT2D eigenvalue weighted by Gasteiger charge is -2.54. The van der Waals surface area contributed by atoms with Gasteiger partial charge in [0, 0.05) is 22.7 Å². The highest BCUT2D eigenvalue weighted by Crippen LogP contribution is 2.65. The molecule has 2 saturated carbocycles. The summed E-state index contributed by atoms with van der Waals surface area (Å²) in [5.41, 5.74) is 7.09. The second-order valence-electron chi connectivity index (χ2n) is 16.8. The topological polar surface area (TPSA) is 155 Å². The summed E-state index contributed by atoms with van der Waals surface area (Å²) in [6.07, 6.45) is 8.20. The van der Waals surface area contributed by atoms with Gasteiger partial charge in [0.1, 0.15) is 35.9 Å². The Morgan fingerprint density at radius 2 is 1.66 bits per heavy atom. The second kappa shape index (κ2) is 17.7. The number of hydrogen-bond acceptors (Lipinski definition) is 12. The number of rotatable bonds is 16. The Labute approximate surface area is 356 Å². The number of phenols is 1. The van der Waals surface area contributed by atoms with Crippen LogP contribution in [0.4, 0.5) is 11.5 Å². The molecular weight excluding hydrogens is 773 g/mol. The quantitative estimate of drug-likeness (QED) is 0.0809. The highest BCUT2D eigenvalue weighted by atomic mass is 16.5. The van der Waals surface area contributed by atoms with Gasteiger partial charge in [-0.15, -0.1) is 5.10 Å². The van der Waals surface area contributed by atoms with E-state index in [1.54, 1.807) is 18.9 Å². The first-order valence-corrected chi connectivity index (χ1v) is 21.3. The van der Waals surface area contributed by atoms with Crippen molar-refractivity contribution in [3.8, 4) is 34.3 Å². The maximum atomic E-state index is 11.2. The molecule has 3 unspecified atom stereocenters. The lowest BCUT2D eigenvalue weighted by Crippen LogP contribution is -2.47. The molecule has 61 heavy (non-hydrogen) atoms. The van der Waals surface area contributed by atoms with Crippen LogP contribution in [0.3, 0.4) is 0 Å². The highest BCUT2D eigenvalue weighted by molar-refractivity contribution is 5.93. The molecule has 3 aliphatic rings. The molecule has 3 aliphatic carbocycles. The maximum Gasteiger partial charge on any atom is 0.162 e. The number of nitrogens with one attached hydrogen (secondary N) is 1. The zero-order chi connectivity index (χ0) is 41.9. The van der Waals surface area contributed by atoms with Crippen molar-refractivity contribution in [3.63, 3.8) is 0 Å². The summed E-state index contributed by atoms with van der Waals surface area (Å²) in [6.45, 7) is 5.16. The number of nitrogens with zero attached hydrogens (tertiary/aromatic N) is 5. The van der Waals surface area contributed by atoms with Crippen LogP contribution < -0.4 is 19.5 Å². The predicted molar refractivity (Wildman–Crippen MR) is 232 cm³/mol. The molecule has 9 rings (SSSR count). The summed E-state index contributed by atoms with van der Waals surface area (Å²) in [5, 5.41) is 34.3. The minimum absolute atomic E-state index is 0.0773. The lowest BCUT2D eigenvalue weighted by molar-refractivity contribution is -0.0323. The van der Waals surface area contributed by atoms with Crippen LogP contribution in [0.25, 0.3) is 22.2 Å². The fourth-order valence-electron chi connectivity index (χ4n) is 10.4. The van der Waals surface area contributed by atoms with Gasteiger partial charge in [-0.2, -0.15) is 0 Å². The van der Waals surface area contributed by atoms with Crippen LogP contribution in [-0.2, 0) is 22.4 Å². The number of aliphatic hydroxyl groups excluding tert-OH is 1. The SMILES string of the molecule is COc1cc2ncnc(Nc3cccc(-c4cn(CCOCCOCCOc5ccc([C@H]6C[C@@]7(C)C(CC[C@@H]7O)C7CCc8cc(O)ccc8C76)cc5)nn4)c3)c2cc1OC. The van der Waals surface area contributed by atoms with Gasteiger partial charge in [-0.1, -0.05) is 42.5 Å². The lowest BCUT2D eigenvalue weighted by atomic mass is 9.51. The first kappa shape index (κ1) is 40.6. The molecule has 0 saturated heterocycles. The molecule has 318 valence electrons. The maximum absolute atomic E-state index is 11.2. The van der Waals surface area contributed by atoms with Crippen LogP contribution in [-0.4, -0.2) is 88.5 Å². The summed E-state index contributed by atoms with van der Waals surface area (Å²) in [4.78, 5) is 8.87. The van der Waals surface area contributed by atoms with Gasteiger partial charge in [-0.05, 0) is 120 Å². The molecule has 0 spiro atoms. The van der Waals surface area contributed by atoms with Crippen molar-refractivity contribution in [2.24, 2.45) is 17.3 Å². The van der Waals surface area contributed by atoms with Crippen molar-refractivity contribution in [1.82, 2.24) is 25.0 Å². The fourth-order valence-corrected chi connectivity index (χ4v) is 10.4. The molecule has 4 aromatic carbocycles. The van der Waals surface area contributed by atoms with Gasteiger partial charge in [0.05, 0.1) is 65.0 Å². The minimum atomic E-state index is -0.256. The van der Waals surface area contributed by atoms with Crippen LogP contribution in [0.15, 0.2) is 91.4 Å². The van der Waals surface area contributed by atoms with Gasteiger partial charge in [0.25, 0.3) is 0 Å².